The molecule has 1 aromatic rings. The lowest BCUT2D eigenvalue weighted by Gasteiger charge is -2.35. The van der Waals surface area contributed by atoms with Crippen molar-refractivity contribution in [2.45, 2.75) is 26.3 Å². The van der Waals surface area contributed by atoms with Crippen molar-refractivity contribution in [3.63, 3.8) is 0 Å². The standard InChI is InChI=1S/C15H18N2O4/c1-3-9(2)14-15(19)17(7-13(18)16-14)10-4-5-11-12(6-10)21-8-20-11/h4-6,9,14H,3,7-8H2,1-2H3,(H,16,18). The number of rotatable bonds is 3. The second-order valence-electron chi connectivity index (χ2n) is 5.39. The smallest absolute Gasteiger partial charge is 0.250 e. The zero-order chi connectivity index (χ0) is 15.0. The number of carbonyl (C=O) groups excluding carboxylic acids is 2. The van der Waals surface area contributed by atoms with E-state index < -0.39 is 6.04 Å². The predicted octanol–water partition coefficient (Wildman–Crippen LogP) is 1.29. The van der Waals surface area contributed by atoms with E-state index in [4.69, 9.17) is 9.47 Å². The van der Waals surface area contributed by atoms with Crippen molar-refractivity contribution in [2.75, 3.05) is 18.2 Å². The summed E-state index contributed by atoms with van der Waals surface area (Å²) in [5.41, 5.74) is 0.660. The van der Waals surface area contributed by atoms with Crippen LogP contribution in [0.4, 0.5) is 5.69 Å². The highest BCUT2D eigenvalue weighted by atomic mass is 16.7. The molecule has 2 amide bonds. The fourth-order valence-electron chi connectivity index (χ4n) is 2.56. The van der Waals surface area contributed by atoms with Crippen LogP contribution in [0.3, 0.4) is 0 Å². The van der Waals surface area contributed by atoms with Crippen LogP contribution < -0.4 is 19.7 Å². The molecule has 0 aliphatic carbocycles. The summed E-state index contributed by atoms with van der Waals surface area (Å²) in [5.74, 6) is 1.14. The van der Waals surface area contributed by atoms with Gasteiger partial charge in [-0.2, -0.15) is 0 Å². The molecule has 1 saturated heterocycles. The Kier molecular flexibility index (Phi) is 3.45. The van der Waals surface area contributed by atoms with Gasteiger partial charge >= 0.3 is 0 Å². The summed E-state index contributed by atoms with van der Waals surface area (Å²) in [6.07, 6.45) is 0.825. The first-order chi connectivity index (χ1) is 10.1. The molecule has 2 atom stereocenters. The van der Waals surface area contributed by atoms with Crippen molar-refractivity contribution in [2.24, 2.45) is 5.92 Å². The summed E-state index contributed by atoms with van der Waals surface area (Å²) in [4.78, 5) is 26.0. The van der Waals surface area contributed by atoms with Crippen LogP contribution in [0.25, 0.3) is 0 Å². The van der Waals surface area contributed by atoms with Crippen LogP contribution in [0.5, 0.6) is 11.5 Å². The number of benzene rings is 1. The Hall–Kier alpha value is -2.24. The van der Waals surface area contributed by atoms with Gasteiger partial charge in [0.05, 0.1) is 0 Å². The third-order valence-electron chi connectivity index (χ3n) is 4.03. The molecule has 1 aromatic carbocycles. The summed E-state index contributed by atoms with van der Waals surface area (Å²) in [5, 5.41) is 2.78. The summed E-state index contributed by atoms with van der Waals surface area (Å²) >= 11 is 0. The molecule has 0 bridgehead atoms. The first kappa shape index (κ1) is 13.7. The molecule has 0 radical (unpaired) electrons. The van der Waals surface area contributed by atoms with Gasteiger partial charge in [0.1, 0.15) is 12.6 Å². The van der Waals surface area contributed by atoms with Gasteiger partial charge in [0.2, 0.25) is 18.6 Å². The quantitative estimate of drug-likeness (QED) is 0.911. The van der Waals surface area contributed by atoms with Gasteiger partial charge in [-0.05, 0) is 18.1 Å². The van der Waals surface area contributed by atoms with Gasteiger partial charge in [-0.3, -0.25) is 9.59 Å². The number of amides is 2. The minimum Gasteiger partial charge on any atom is -0.454 e. The number of hydrogen-bond donors (Lipinski definition) is 1. The molecule has 21 heavy (non-hydrogen) atoms. The lowest BCUT2D eigenvalue weighted by Crippen LogP contribution is -2.60. The molecule has 0 aromatic heterocycles. The van der Waals surface area contributed by atoms with Crippen molar-refractivity contribution in [1.82, 2.24) is 5.32 Å². The molecule has 1 fully saturated rings. The third kappa shape index (κ3) is 2.41. The number of carbonyl (C=O) groups is 2. The number of ether oxygens (including phenoxy) is 2. The molecule has 3 rings (SSSR count). The first-order valence-corrected chi connectivity index (χ1v) is 7.10. The van der Waals surface area contributed by atoms with E-state index in [9.17, 15) is 9.59 Å². The zero-order valence-corrected chi connectivity index (χ0v) is 12.1. The summed E-state index contributed by atoms with van der Waals surface area (Å²) in [7, 11) is 0. The lowest BCUT2D eigenvalue weighted by molar-refractivity contribution is -0.132. The molecule has 2 aliphatic heterocycles. The largest absolute Gasteiger partial charge is 0.454 e. The molecule has 0 saturated carbocycles. The first-order valence-electron chi connectivity index (χ1n) is 7.10. The average molecular weight is 290 g/mol. The Balaban J connectivity index is 1.89. The highest BCUT2D eigenvalue weighted by Crippen LogP contribution is 2.36. The van der Waals surface area contributed by atoms with E-state index in [2.05, 4.69) is 5.32 Å². The van der Waals surface area contributed by atoms with E-state index in [1.807, 2.05) is 13.8 Å². The van der Waals surface area contributed by atoms with Gasteiger partial charge < -0.3 is 19.7 Å². The van der Waals surface area contributed by atoms with E-state index in [0.717, 1.165) is 6.42 Å². The minimum absolute atomic E-state index is 0.0331. The summed E-state index contributed by atoms with van der Waals surface area (Å²) < 4.78 is 10.6. The minimum atomic E-state index is -0.471. The molecule has 2 heterocycles. The van der Waals surface area contributed by atoms with Crippen LogP contribution in [0.2, 0.25) is 0 Å². The number of piperazine rings is 1. The average Bonchev–Trinajstić information content (AvgIpc) is 2.95. The van der Waals surface area contributed by atoms with Gasteiger partial charge in [0.25, 0.3) is 0 Å². The van der Waals surface area contributed by atoms with Crippen LogP contribution in [0, 0.1) is 5.92 Å². The van der Waals surface area contributed by atoms with E-state index >= 15 is 0 Å². The predicted molar refractivity (Wildman–Crippen MR) is 76.3 cm³/mol. The maximum absolute atomic E-state index is 12.6. The highest BCUT2D eigenvalue weighted by Gasteiger charge is 2.36. The Bertz CT molecular complexity index is 587. The summed E-state index contributed by atoms with van der Waals surface area (Å²) in [6.45, 7) is 4.18. The number of fused-ring (bicyclic) bond motifs is 1. The SMILES string of the molecule is CCC(C)C1NC(=O)CN(c2ccc3c(c2)OCO3)C1=O. The Morgan fingerprint density at radius 3 is 2.86 bits per heavy atom. The number of anilines is 1. The normalized spacial score (nSPS) is 22.2. The van der Waals surface area contributed by atoms with Crippen molar-refractivity contribution < 1.29 is 19.1 Å². The number of hydrogen-bond acceptors (Lipinski definition) is 4. The maximum atomic E-state index is 12.6. The van der Waals surface area contributed by atoms with Gasteiger partial charge in [-0.15, -0.1) is 0 Å². The fourth-order valence-corrected chi connectivity index (χ4v) is 2.56. The summed E-state index contributed by atoms with van der Waals surface area (Å²) in [6, 6.07) is 4.81. The van der Waals surface area contributed by atoms with Crippen LogP contribution in [0.15, 0.2) is 18.2 Å². The van der Waals surface area contributed by atoms with Gasteiger partial charge in [-0.25, -0.2) is 0 Å². The molecule has 1 N–H and O–H groups in total. The molecule has 112 valence electrons. The van der Waals surface area contributed by atoms with Crippen LogP contribution in [-0.4, -0.2) is 31.2 Å². The zero-order valence-electron chi connectivity index (χ0n) is 12.1. The molecule has 6 heteroatoms. The molecule has 2 aliphatic rings. The van der Waals surface area contributed by atoms with E-state index in [0.29, 0.717) is 17.2 Å². The fraction of sp³-hybridized carbons (Fsp3) is 0.467. The Morgan fingerprint density at radius 1 is 1.33 bits per heavy atom. The second kappa shape index (κ2) is 5.27. The van der Waals surface area contributed by atoms with Crippen LogP contribution >= 0.6 is 0 Å². The van der Waals surface area contributed by atoms with Crippen LogP contribution in [0.1, 0.15) is 20.3 Å². The van der Waals surface area contributed by atoms with Crippen molar-refractivity contribution >= 4 is 17.5 Å². The van der Waals surface area contributed by atoms with Gasteiger partial charge in [-0.1, -0.05) is 20.3 Å². The van der Waals surface area contributed by atoms with Crippen LogP contribution in [-0.2, 0) is 9.59 Å². The monoisotopic (exact) mass is 290 g/mol. The van der Waals surface area contributed by atoms with Crippen molar-refractivity contribution in [3.8, 4) is 11.5 Å². The van der Waals surface area contributed by atoms with Crippen molar-refractivity contribution in [3.05, 3.63) is 18.2 Å². The topological polar surface area (TPSA) is 67.9 Å². The number of nitrogens with one attached hydrogen (secondary N) is 1. The van der Waals surface area contributed by atoms with Gasteiger partial charge in [0, 0.05) is 11.8 Å². The van der Waals surface area contributed by atoms with E-state index in [1.54, 1.807) is 18.2 Å². The molecular weight excluding hydrogens is 272 g/mol. The lowest BCUT2D eigenvalue weighted by atomic mass is 9.96. The third-order valence-corrected chi connectivity index (χ3v) is 4.03. The second-order valence-corrected chi connectivity index (χ2v) is 5.39. The van der Waals surface area contributed by atoms with E-state index in [-0.39, 0.29) is 31.1 Å². The Morgan fingerprint density at radius 2 is 2.10 bits per heavy atom. The molecular formula is C15H18N2O4. The maximum Gasteiger partial charge on any atom is 0.250 e. The highest BCUT2D eigenvalue weighted by molar-refractivity contribution is 6.06. The van der Waals surface area contributed by atoms with Crippen molar-refractivity contribution in [1.29, 1.82) is 0 Å². The Labute approximate surface area is 123 Å². The molecule has 6 nitrogen and oxygen atoms in total. The van der Waals surface area contributed by atoms with Gasteiger partial charge in [0.15, 0.2) is 11.5 Å². The van der Waals surface area contributed by atoms with E-state index in [1.165, 1.54) is 4.90 Å². The molecule has 2 unspecified atom stereocenters. The number of nitrogens with zero attached hydrogens (tertiary/aromatic N) is 1. The molecule has 0 spiro atoms.